The zero-order chi connectivity index (χ0) is 6.95. The molecule has 0 bridgehead atoms. The molecule has 0 aromatic carbocycles. The van der Waals surface area contributed by atoms with E-state index in [1.54, 1.807) is 6.08 Å². The summed E-state index contributed by atoms with van der Waals surface area (Å²) in [4.78, 5) is 0. The second-order valence-corrected chi connectivity index (χ2v) is 1.83. The molecule has 0 radical (unpaired) electrons. The average molecular weight is 124 g/mol. The summed E-state index contributed by atoms with van der Waals surface area (Å²) in [7, 11) is 0. The van der Waals surface area contributed by atoms with Gasteiger partial charge in [0.05, 0.1) is 6.26 Å². The lowest BCUT2D eigenvalue weighted by molar-refractivity contribution is 0.470. The molecule has 0 saturated carbocycles. The van der Waals surface area contributed by atoms with Crippen molar-refractivity contribution in [2.75, 3.05) is 0 Å². The van der Waals surface area contributed by atoms with Crippen LogP contribution < -0.4 is 0 Å². The fourth-order valence-electron chi connectivity index (χ4n) is 0.564. The van der Waals surface area contributed by atoms with Gasteiger partial charge in [0.1, 0.15) is 0 Å². The predicted octanol–water partition coefficient (Wildman–Crippen LogP) is 2.25. The molecule has 0 aliphatic rings. The highest BCUT2D eigenvalue weighted by molar-refractivity contribution is 4.83. The van der Waals surface area contributed by atoms with E-state index < -0.39 is 0 Å². The van der Waals surface area contributed by atoms with Crippen LogP contribution in [0.2, 0.25) is 0 Å². The summed E-state index contributed by atoms with van der Waals surface area (Å²) < 4.78 is 0. The van der Waals surface area contributed by atoms with E-state index in [9.17, 15) is 0 Å². The van der Waals surface area contributed by atoms with E-state index in [0.717, 1.165) is 31.9 Å². The van der Waals surface area contributed by atoms with Crippen molar-refractivity contribution in [3.8, 4) is 12.3 Å². The van der Waals surface area contributed by atoms with Crippen molar-refractivity contribution < 1.29 is 5.11 Å². The molecular weight excluding hydrogens is 112 g/mol. The summed E-state index contributed by atoms with van der Waals surface area (Å²) in [6.45, 7) is 0. The first-order valence-electron chi connectivity index (χ1n) is 3.14. The summed E-state index contributed by atoms with van der Waals surface area (Å²) in [6.07, 6.45) is 11.7. The minimum absolute atomic E-state index is 0.846. The van der Waals surface area contributed by atoms with Gasteiger partial charge in [-0.1, -0.05) is 6.08 Å². The first-order valence-corrected chi connectivity index (χ1v) is 3.14. The smallest absolute Gasteiger partial charge is 0.0751 e. The van der Waals surface area contributed by atoms with Crippen molar-refractivity contribution in [1.29, 1.82) is 0 Å². The summed E-state index contributed by atoms with van der Waals surface area (Å²) >= 11 is 0. The van der Waals surface area contributed by atoms with E-state index in [4.69, 9.17) is 11.5 Å². The lowest BCUT2D eigenvalue weighted by Crippen LogP contribution is -1.71. The third-order valence-electron chi connectivity index (χ3n) is 1.05. The molecule has 0 saturated heterocycles. The van der Waals surface area contributed by atoms with E-state index >= 15 is 0 Å². The van der Waals surface area contributed by atoms with Gasteiger partial charge in [0.15, 0.2) is 0 Å². The molecule has 50 valence electrons. The van der Waals surface area contributed by atoms with E-state index in [0.29, 0.717) is 0 Å². The maximum absolute atomic E-state index is 8.20. The highest BCUT2D eigenvalue weighted by Gasteiger charge is 1.80. The van der Waals surface area contributed by atoms with Crippen molar-refractivity contribution in [3.05, 3.63) is 12.3 Å². The number of hydrogen-bond acceptors (Lipinski definition) is 1. The van der Waals surface area contributed by atoms with Crippen molar-refractivity contribution in [3.63, 3.8) is 0 Å². The van der Waals surface area contributed by atoms with Crippen LogP contribution in [0.4, 0.5) is 0 Å². The molecule has 0 fully saturated rings. The van der Waals surface area contributed by atoms with Crippen LogP contribution in [0.25, 0.3) is 0 Å². The Balaban J connectivity index is 2.85. The van der Waals surface area contributed by atoms with Gasteiger partial charge in [-0.3, -0.25) is 0 Å². The Morgan fingerprint density at radius 2 is 2.22 bits per heavy atom. The molecule has 0 rings (SSSR count). The third kappa shape index (κ3) is 7.10. The van der Waals surface area contributed by atoms with Crippen LogP contribution in [0.1, 0.15) is 25.7 Å². The number of hydrogen-bond donors (Lipinski definition) is 1. The normalized spacial score (nSPS) is 9.67. The first-order chi connectivity index (χ1) is 4.41. The van der Waals surface area contributed by atoms with Gasteiger partial charge in [0.25, 0.3) is 0 Å². The molecule has 0 atom stereocenters. The van der Waals surface area contributed by atoms with Gasteiger partial charge in [0.2, 0.25) is 0 Å². The Morgan fingerprint density at radius 1 is 1.44 bits per heavy atom. The topological polar surface area (TPSA) is 20.2 Å². The number of aliphatic hydroxyl groups is 1. The second kappa shape index (κ2) is 7.10. The predicted molar refractivity (Wildman–Crippen MR) is 39.1 cm³/mol. The summed E-state index contributed by atoms with van der Waals surface area (Å²) in [6, 6.07) is 0. The highest BCUT2D eigenvalue weighted by atomic mass is 16.2. The van der Waals surface area contributed by atoms with Crippen LogP contribution in [-0.4, -0.2) is 5.11 Å². The third-order valence-corrected chi connectivity index (χ3v) is 1.05. The SMILES string of the molecule is C#CCCCCC=CO. The highest BCUT2D eigenvalue weighted by Crippen LogP contribution is 1.98. The van der Waals surface area contributed by atoms with Gasteiger partial charge >= 0.3 is 0 Å². The van der Waals surface area contributed by atoms with Crippen molar-refractivity contribution in [2.45, 2.75) is 25.7 Å². The van der Waals surface area contributed by atoms with Crippen LogP contribution >= 0.6 is 0 Å². The van der Waals surface area contributed by atoms with Crippen molar-refractivity contribution in [2.24, 2.45) is 0 Å². The number of unbranched alkanes of at least 4 members (excludes halogenated alkanes) is 3. The molecule has 0 aromatic rings. The van der Waals surface area contributed by atoms with E-state index in [1.165, 1.54) is 0 Å². The Hall–Kier alpha value is -0.900. The lowest BCUT2D eigenvalue weighted by Gasteiger charge is -1.88. The molecule has 1 heteroatoms. The maximum atomic E-state index is 8.20. The molecule has 0 heterocycles. The molecule has 0 aliphatic heterocycles. The maximum Gasteiger partial charge on any atom is 0.0751 e. The van der Waals surface area contributed by atoms with Gasteiger partial charge < -0.3 is 5.11 Å². The zero-order valence-corrected chi connectivity index (χ0v) is 5.51. The van der Waals surface area contributed by atoms with Crippen LogP contribution in [-0.2, 0) is 0 Å². The van der Waals surface area contributed by atoms with Crippen LogP contribution in [0.5, 0.6) is 0 Å². The summed E-state index contributed by atoms with van der Waals surface area (Å²) in [5, 5.41) is 8.20. The Labute approximate surface area is 56.4 Å². The quantitative estimate of drug-likeness (QED) is 0.346. The first kappa shape index (κ1) is 8.10. The van der Waals surface area contributed by atoms with Crippen LogP contribution in [0.15, 0.2) is 12.3 Å². The minimum atomic E-state index is 0.846. The number of rotatable bonds is 4. The van der Waals surface area contributed by atoms with E-state index in [1.807, 2.05) is 0 Å². The monoisotopic (exact) mass is 124 g/mol. The van der Waals surface area contributed by atoms with Crippen molar-refractivity contribution in [1.82, 2.24) is 0 Å². The van der Waals surface area contributed by atoms with Gasteiger partial charge in [-0.15, -0.1) is 12.3 Å². The summed E-state index contributed by atoms with van der Waals surface area (Å²) in [5.41, 5.74) is 0. The fraction of sp³-hybridized carbons (Fsp3) is 0.500. The van der Waals surface area contributed by atoms with Crippen LogP contribution in [0.3, 0.4) is 0 Å². The fourth-order valence-corrected chi connectivity index (χ4v) is 0.564. The molecular formula is C8H12O. The standard InChI is InChI=1S/C8H12O/c1-2-3-4-5-6-7-8-9/h1,7-9H,3-6H2. The van der Waals surface area contributed by atoms with Gasteiger partial charge in [-0.05, 0) is 19.3 Å². The number of allylic oxidation sites excluding steroid dienone is 1. The lowest BCUT2D eigenvalue weighted by atomic mass is 10.2. The van der Waals surface area contributed by atoms with E-state index in [2.05, 4.69) is 5.92 Å². The molecule has 0 aromatic heterocycles. The molecule has 0 amide bonds. The van der Waals surface area contributed by atoms with E-state index in [-0.39, 0.29) is 0 Å². The van der Waals surface area contributed by atoms with Crippen molar-refractivity contribution >= 4 is 0 Å². The summed E-state index contributed by atoms with van der Waals surface area (Å²) in [5.74, 6) is 2.56. The Kier molecular flexibility index (Phi) is 6.39. The van der Waals surface area contributed by atoms with Gasteiger partial charge in [-0.2, -0.15) is 0 Å². The molecule has 9 heavy (non-hydrogen) atoms. The average Bonchev–Trinajstić information content (AvgIpc) is 1.89. The number of aliphatic hydroxyl groups excluding tert-OH is 1. The Bertz CT molecular complexity index is 108. The largest absolute Gasteiger partial charge is 0.516 e. The number of terminal acetylenes is 1. The van der Waals surface area contributed by atoms with Crippen LogP contribution in [0, 0.1) is 12.3 Å². The molecule has 1 nitrogen and oxygen atoms in total. The molecule has 1 N–H and O–H groups in total. The van der Waals surface area contributed by atoms with Gasteiger partial charge in [-0.25, -0.2) is 0 Å². The van der Waals surface area contributed by atoms with Gasteiger partial charge in [0, 0.05) is 6.42 Å². The Morgan fingerprint density at radius 3 is 2.78 bits per heavy atom. The molecule has 0 unspecified atom stereocenters. The zero-order valence-electron chi connectivity index (χ0n) is 5.51. The molecule has 0 spiro atoms. The minimum Gasteiger partial charge on any atom is -0.516 e. The second-order valence-electron chi connectivity index (χ2n) is 1.83. The molecule has 0 aliphatic carbocycles.